The second-order valence-corrected chi connectivity index (χ2v) is 1.88. The monoisotopic (exact) mass is 106 g/mol. The minimum atomic E-state index is -0.289. The van der Waals surface area contributed by atoms with Crippen molar-refractivity contribution in [2.75, 3.05) is 6.61 Å². The van der Waals surface area contributed by atoms with Gasteiger partial charge in [-0.15, -0.1) is 0 Å². The molecule has 1 atom stereocenters. The molecule has 0 amide bonds. The van der Waals surface area contributed by atoms with Crippen molar-refractivity contribution in [3.05, 3.63) is 0 Å². The van der Waals surface area contributed by atoms with Gasteiger partial charge in [-0.1, -0.05) is 0 Å². The third-order valence-corrected chi connectivity index (χ3v) is 0.741. The van der Waals surface area contributed by atoms with Crippen LogP contribution in [-0.4, -0.2) is 28.3 Å². The Bertz CT molecular complexity index is 30.0. The highest BCUT2D eigenvalue weighted by atomic mass is 28.2. The summed E-state index contributed by atoms with van der Waals surface area (Å²) in [4.78, 5) is 0. The third kappa shape index (κ3) is 4.14. The average Bonchev–Trinajstić information content (AvgIpc) is 1.35. The van der Waals surface area contributed by atoms with Crippen LogP contribution in [0.1, 0.15) is 6.92 Å². The molecule has 0 bridgehead atoms. The lowest BCUT2D eigenvalue weighted by molar-refractivity contribution is 0.128. The third-order valence-electron chi connectivity index (χ3n) is 0.408. The molecule has 0 aliphatic rings. The van der Waals surface area contributed by atoms with E-state index in [1.807, 2.05) is 0 Å². The van der Waals surface area contributed by atoms with Crippen LogP contribution in [0.5, 0.6) is 0 Å². The molecular formula is C3H10O2Si. The number of rotatable bonds is 2. The van der Waals surface area contributed by atoms with E-state index < -0.39 is 0 Å². The Kier molecular flexibility index (Phi) is 3.41. The quantitative estimate of drug-likeness (QED) is 0.442. The summed E-state index contributed by atoms with van der Waals surface area (Å²) in [5.41, 5.74) is 0. The molecule has 0 aromatic heterocycles. The van der Waals surface area contributed by atoms with Crippen LogP contribution in [-0.2, 0) is 4.43 Å². The lowest BCUT2D eigenvalue weighted by atomic mass is 10.5. The first-order valence-corrected chi connectivity index (χ1v) is 2.76. The van der Waals surface area contributed by atoms with E-state index in [1.165, 1.54) is 0 Å². The van der Waals surface area contributed by atoms with Gasteiger partial charge >= 0.3 is 0 Å². The molecule has 3 heteroatoms. The Morgan fingerprint density at radius 3 is 2.50 bits per heavy atom. The molecule has 0 fully saturated rings. The topological polar surface area (TPSA) is 29.5 Å². The predicted molar refractivity (Wildman–Crippen MR) is 27.6 cm³/mol. The normalized spacial score (nSPS) is 15.0. The summed E-state index contributed by atoms with van der Waals surface area (Å²) in [7, 11) is 0.727. The molecule has 6 heavy (non-hydrogen) atoms. The van der Waals surface area contributed by atoms with Gasteiger partial charge in [-0.25, -0.2) is 0 Å². The Morgan fingerprint density at radius 1 is 2.00 bits per heavy atom. The van der Waals surface area contributed by atoms with Gasteiger partial charge in [-0.3, -0.25) is 0 Å². The molecule has 0 aliphatic heterocycles. The van der Waals surface area contributed by atoms with Crippen LogP contribution in [0.15, 0.2) is 0 Å². The lowest BCUT2D eigenvalue weighted by Crippen LogP contribution is -2.07. The number of hydrogen-bond donors (Lipinski definition) is 1. The van der Waals surface area contributed by atoms with Gasteiger partial charge in [0, 0.05) is 0 Å². The van der Waals surface area contributed by atoms with Crippen LogP contribution in [0.2, 0.25) is 0 Å². The van der Waals surface area contributed by atoms with Gasteiger partial charge in [-0.05, 0) is 6.92 Å². The summed E-state index contributed by atoms with van der Waals surface area (Å²) in [6.07, 6.45) is -0.289. The molecule has 0 saturated heterocycles. The number of aliphatic hydroxyl groups is 1. The van der Waals surface area contributed by atoms with E-state index in [0.717, 1.165) is 10.5 Å². The Hall–Kier alpha value is 0.137. The lowest BCUT2D eigenvalue weighted by Gasteiger charge is -1.98. The molecule has 0 aliphatic carbocycles. The first kappa shape index (κ1) is 6.14. The maximum absolute atomic E-state index is 8.45. The molecule has 0 aromatic carbocycles. The van der Waals surface area contributed by atoms with E-state index in [0.29, 0.717) is 6.61 Å². The minimum absolute atomic E-state index is 0.289. The number of aliphatic hydroxyl groups excluding tert-OH is 1. The molecule has 38 valence electrons. The van der Waals surface area contributed by atoms with E-state index in [2.05, 4.69) is 0 Å². The zero-order chi connectivity index (χ0) is 4.99. The van der Waals surface area contributed by atoms with Gasteiger partial charge < -0.3 is 9.53 Å². The Balaban J connectivity index is 2.63. The zero-order valence-corrected chi connectivity index (χ0v) is 6.14. The summed E-state index contributed by atoms with van der Waals surface area (Å²) in [6, 6.07) is 0. The van der Waals surface area contributed by atoms with Crippen LogP contribution < -0.4 is 0 Å². The number of hydrogen-bond acceptors (Lipinski definition) is 2. The van der Waals surface area contributed by atoms with Crippen molar-refractivity contribution in [3.8, 4) is 0 Å². The van der Waals surface area contributed by atoms with E-state index in [1.54, 1.807) is 6.92 Å². The van der Waals surface area contributed by atoms with Crippen molar-refractivity contribution < 1.29 is 9.53 Å². The summed E-state index contributed by atoms with van der Waals surface area (Å²) < 4.78 is 4.69. The van der Waals surface area contributed by atoms with Crippen molar-refractivity contribution in [1.29, 1.82) is 0 Å². The second kappa shape index (κ2) is 3.33. The maximum atomic E-state index is 8.45. The van der Waals surface area contributed by atoms with Crippen molar-refractivity contribution in [2.45, 2.75) is 13.0 Å². The van der Waals surface area contributed by atoms with Gasteiger partial charge in [0.05, 0.1) is 12.7 Å². The van der Waals surface area contributed by atoms with E-state index in [-0.39, 0.29) is 6.10 Å². The van der Waals surface area contributed by atoms with Crippen molar-refractivity contribution in [1.82, 2.24) is 0 Å². The summed E-state index contributed by atoms with van der Waals surface area (Å²) in [6.45, 7) is 2.20. The summed E-state index contributed by atoms with van der Waals surface area (Å²) in [5, 5.41) is 8.45. The Labute approximate surface area is 40.7 Å². The van der Waals surface area contributed by atoms with Gasteiger partial charge in [0.15, 0.2) is 0 Å². The molecule has 0 spiro atoms. The van der Waals surface area contributed by atoms with Gasteiger partial charge in [-0.2, -0.15) is 0 Å². The molecule has 1 unspecified atom stereocenters. The predicted octanol–water partition coefficient (Wildman–Crippen LogP) is -1.34. The molecule has 0 rings (SSSR count). The highest BCUT2D eigenvalue weighted by Gasteiger charge is 1.87. The van der Waals surface area contributed by atoms with Crippen LogP contribution in [0.4, 0.5) is 0 Å². The van der Waals surface area contributed by atoms with Crippen LogP contribution in [0.25, 0.3) is 0 Å². The molecule has 0 heterocycles. The molecule has 0 aromatic rings. The van der Waals surface area contributed by atoms with Gasteiger partial charge in [0.25, 0.3) is 0 Å². The van der Waals surface area contributed by atoms with Gasteiger partial charge in [0.1, 0.15) is 10.5 Å². The standard InChI is InChI=1S/C3H10O2Si/c1-3(4)2-5-6/h3-4H,2H2,1,6H3. The Morgan fingerprint density at radius 2 is 2.50 bits per heavy atom. The highest BCUT2D eigenvalue weighted by molar-refractivity contribution is 5.97. The maximum Gasteiger partial charge on any atom is 0.146 e. The van der Waals surface area contributed by atoms with E-state index in [4.69, 9.17) is 9.53 Å². The SMILES string of the molecule is CC(O)CO[SiH3]. The van der Waals surface area contributed by atoms with E-state index in [9.17, 15) is 0 Å². The first-order chi connectivity index (χ1) is 2.77. The average molecular weight is 106 g/mol. The fourth-order valence-corrected chi connectivity index (χ4v) is 0.724. The fraction of sp³-hybridized carbons (Fsp3) is 1.00. The molecule has 0 radical (unpaired) electrons. The van der Waals surface area contributed by atoms with E-state index >= 15 is 0 Å². The zero-order valence-electron chi connectivity index (χ0n) is 4.14. The first-order valence-electron chi connectivity index (χ1n) is 1.94. The fourth-order valence-electron chi connectivity index (χ4n) is 0.241. The summed E-state index contributed by atoms with van der Waals surface area (Å²) >= 11 is 0. The van der Waals surface area contributed by atoms with Crippen molar-refractivity contribution >= 4 is 10.5 Å². The van der Waals surface area contributed by atoms with Crippen molar-refractivity contribution in [3.63, 3.8) is 0 Å². The van der Waals surface area contributed by atoms with Crippen LogP contribution in [0.3, 0.4) is 0 Å². The molecule has 2 nitrogen and oxygen atoms in total. The second-order valence-electron chi connectivity index (χ2n) is 1.30. The highest BCUT2D eigenvalue weighted by Crippen LogP contribution is 1.75. The van der Waals surface area contributed by atoms with Gasteiger partial charge in [0.2, 0.25) is 0 Å². The van der Waals surface area contributed by atoms with Crippen LogP contribution in [0, 0.1) is 0 Å². The van der Waals surface area contributed by atoms with Crippen LogP contribution >= 0.6 is 0 Å². The largest absolute Gasteiger partial charge is 0.425 e. The molecular weight excluding hydrogens is 96.1 g/mol. The smallest absolute Gasteiger partial charge is 0.146 e. The minimum Gasteiger partial charge on any atom is -0.425 e. The molecule has 0 saturated carbocycles. The summed E-state index contributed by atoms with van der Waals surface area (Å²) in [5.74, 6) is 0. The molecule has 1 N–H and O–H groups in total. The van der Waals surface area contributed by atoms with Crippen molar-refractivity contribution in [2.24, 2.45) is 0 Å².